The minimum atomic E-state index is -3.50. The number of thiophene rings is 1. The van der Waals surface area contributed by atoms with Crippen LogP contribution >= 0.6 is 11.3 Å². The summed E-state index contributed by atoms with van der Waals surface area (Å²) in [5, 5.41) is 1.81. The monoisotopic (exact) mass is 300 g/mol. The molecule has 104 valence electrons. The smallest absolute Gasteiger partial charge is 0.242 e. The molecule has 2 rings (SSSR count). The zero-order valence-corrected chi connectivity index (χ0v) is 12.2. The number of aryl methyl sites for hydroxylation is 1. The summed E-state index contributed by atoms with van der Waals surface area (Å²) in [5.41, 5.74) is 6.31. The van der Waals surface area contributed by atoms with Gasteiger partial charge in [-0.25, -0.2) is 18.1 Å². The molecule has 8 heteroatoms. The fraction of sp³-hybridized carbons (Fsp3) is 0.364. The molecule has 0 aromatic carbocycles. The van der Waals surface area contributed by atoms with Gasteiger partial charge >= 0.3 is 0 Å². The summed E-state index contributed by atoms with van der Waals surface area (Å²) in [7, 11) is -3.50. The van der Waals surface area contributed by atoms with Gasteiger partial charge in [0.15, 0.2) is 0 Å². The first-order valence-electron chi connectivity index (χ1n) is 5.77. The normalized spacial score (nSPS) is 11.9. The first kappa shape index (κ1) is 14.2. The Morgan fingerprint density at radius 1 is 1.53 bits per heavy atom. The Kier molecular flexibility index (Phi) is 4.35. The van der Waals surface area contributed by atoms with E-state index in [1.165, 1.54) is 11.3 Å². The lowest BCUT2D eigenvalue weighted by molar-refractivity contribution is 0.571. The Labute approximate surface area is 116 Å². The van der Waals surface area contributed by atoms with Crippen molar-refractivity contribution >= 4 is 21.4 Å². The Bertz CT molecular complexity index is 632. The minimum Gasteiger partial charge on any atom is -0.336 e. The van der Waals surface area contributed by atoms with E-state index in [1.807, 2.05) is 9.95 Å². The van der Waals surface area contributed by atoms with E-state index in [-0.39, 0.29) is 6.54 Å². The van der Waals surface area contributed by atoms with Gasteiger partial charge in [0.1, 0.15) is 4.90 Å². The highest BCUT2D eigenvalue weighted by Crippen LogP contribution is 2.26. The Morgan fingerprint density at radius 3 is 2.95 bits per heavy atom. The molecule has 19 heavy (non-hydrogen) atoms. The lowest BCUT2D eigenvalue weighted by atomic mass is 10.3. The third-order valence-corrected chi connectivity index (χ3v) is 5.61. The predicted octanol–water partition coefficient (Wildman–Crippen LogP) is 0.690. The van der Waals surface area contributed by atoms with Crippen LogP contribution in [0, 0.1) is 6.92 Å². The van der Waals surface area contributed by atoms with E-state index in [2.05, 4.69) is 9.71 Å². The number of rotatable bonds is 6. The summed E-state index contributed by atoms with van der Waals surface area (Å²) in [4.78, 5) is 4.91. The second-order valence-electron chi connectivity index (χ2n) is 4.07. The average Bonchev–Trinajstić information content (AvgIpc) is 2.98. The van der Waals surface area contributed by atoms with Crippen LogP contribution in [-0.2, 0) is 23.1 Å². The lowest BCUT2D eigenvalue weighted by Gasteiger charge is -2.08. The van der Waals surface area contributed by atoms with Crippen LogP contribution in [-0.4, -0.2) is 24.5 Å². The van der Waals surface area contributed by atoms with E-state index < -0.39 is 10.0 Å². The molecule has 2 aromatic rings. The van der Waals surface area contributed by atoms with E-state index in [0.29, 0.717) is 22.9 Å². The third-order valence-electron chi connectivity index (χ3n) is 2.66. The van der Waals surface area contributed by atoms with Crippen molar-refractivity contribution in [3.8, 4) is 0 Å². The lowest BCUT2D eigenvalue weighted by Crippen LogP contribution is -2.28. The second kappa shape index (κ2) is 5.83. The number of hydrogen-bond donors (Lipinski definition) is 2. The second-order valence-corrected chi connectivity index (χ2v) is 6.74. The maximum absolute atomic E-state index is 12.2. The average molecular weight is 300 g/mol. The summed E-state index contributed by atoms with van der Waals surface area (Å²) < 4.78 is 28.9. The molecular weight excluding hydrogens is 284 g/mol. The maximum Gasteiger partial charge on any atom is 0.242 e. The molecule has 0 aliphatic carbocycles. The molecule has 0 aliphatic rings. The number of sulfonamides is 1. The van der Waals surface area contributed by atoms with Crippen molar-refractivity contribution in [3.05, 3.63) is 34.5 Å². The van der Waals surface area contributed by atoms with Crippen molar-refractivity contribution in [2.45, 2.75) is 24.9 Å². The van der Waals surface area contributed by atoms with Gasteiger partial charge in [0.2, 0.25) is 10.0 Å². The van der Waals surface area contributed by atoms with Crippen LogP contribution in [0.15, 0.2) is 29.0 Å². The maximum atomic E-state index is 12.2. The van der Waals surface area contributed by atoms with Crippen molar-refractivity contribution < 1.29 is 8.42 Å². The molecular formula is C11H16N4O2S2. The molecule has 0 saturated carbocycles. The zero-order valence-electron chi connectivity index (χ0n) is 10.5. The van der Waals surface area contributed by atoms with Crippen LogP contribution in [0.2, 0.25) is 0 Å². The van der Waals surface area contributed by atoms with Gasteiger partial charge < -0.3 is 10.3 Å². The Hall–Kier alpha value is -1.22. The van der Waals surface area contributed by atoms with E-state index in [0.717, 1.165) is 5.56 Å². The van der Waals surface area contributed by atoms with E-state index in [9.17, 15) is 8.42 Å². The van der Waals surface area contributed by atoms with Crippen molar-refractivity contribution in [1.29, 1.82) is 0 Å². The highest BCUT2D eigenvalue weighted by molar-refractivity contribution is 7.89. The molecule has 0 atom stereocenters. The molecule has 0 bridgehead atoms. The number of nitrogens with one attached hydrogen (secondary N) is 1. The molecule has 0 saturated heterocycles. The quantitative estimate of drug-likeness (QED) is 0.821. The molecule has 6 nitrogen and oxygen atoms in total. The van der Waals surface area contributed by atoms with Crippen LogP contribution in [0.1, 0.15) is 10.4 Å². The third kappa shape index (κ3) is 3.21. The predicted molar refractivity (Wildman–Crippen MR) is 74.4 cm³/mol. The molecule has 3 N–H and O–H groups in total. The molecule has 0 spiro atoms. The topological polar surface area (TPSA) is 90.0 Å². The largest absolute Gasteiger partial charge is 0.336 e. The van der Waals surface area contributed by atoms with Gasteiger partial charge in [-0.05, 0) is 17.9 Å². The first-order valence-corrected chi connectivity index (χ1v) is 8.13. The number of aromatic nitrogens is 2. The van der Waals surface area contributed by atoms with E-state index in [1.54, 1.807) is 25.6 Å². The van der Waals surface area contributed by atoms with Gasteiger partial charge in [-0.2, -0.15) is 0 Å². The van der Waals surface area contributed by atoms with E-state index >= 15 is 0 Å². The number of hydrogen-bond acceptors (Lipinski definition) is 5. The minimum absolute atomic E-state index is 0.232. The number of imidazole rings is 1. The van der Waals surface area contributed by atoms with Crippen molar-refractivity contribution in [2.24, 2.45) is 5.73 Å². The molecule has 0 fully saturated rings. The van der Waals surface area contributed by atoms with Crippen molar-refractivity contribution in [2.75, 3.05) is 6.54 Å². The van der Waals surface area contributed by atoms with Crippen LogP contribution in [0.5, 0.6) is 0 Å². The first-order chi connectivity index (χ1) is 9.04. The summed E-state index contributed by atoms with van der Waals surface area (Å²) in [5.74, 6) is 0. The highest BCUT2D eigenvalue weighted by Gasteiger charge is 2.21. The van der Waals surface area contributed by atoms with Gasteiger partial charge in [-0.3, -0.25) is 0 Å². The van der Waals surface area contributed by atoms with Crippen molar-refractivity contribution in [3.63, 3.8) is 0 Å². The molecule has 0 amide bonds. The van der Waals surface area contributed by atoms with Gasteiger partial charge in [-0.1, -0.05) is 0 Å². The van der Waals surface area contributed by atoms with Gasteiger partial charge in [0, 0.05) is 36.9 Å². The molecule has 0 aliphatic heterocycles. The molecule has 2 aromatic heterocycles. The zero-order chi connectivity index (χ0) is 13.9. The molecule has 0 radical (unpaired) electrons. The van der Waals surface area contributed by atoms with Gasteiger partial charge in [0.25, 0.3) is 0 Å². The summed E-state index contributed by atoms with van der Waals surface area (Å²) >= 11 is 1.37. The summed E-state index contributed by atoms with van der Waals surface area (Å²) in [6, 6.07) is 0. The molecule has 2 heterocycles. The van der Waals surface area contributed by atoms with Gasteiger partial charge in [0.05, 0.1) is 6.33 Å². The number of nitrogens with zero attached hydrogens (tertiary/aromatic N) is 2. The fourth-order valence-corrected chi connectivity index (χ4v) is 4.51. The Morgan fingerprint density at radius 2 is 2.32 bits per heavy atom. The van der Waals surface area contributed by atoms with Crippen LogP contribution in [0.3, 0.4) is 0 Å². The molecule has 0 unspecified atom stereocenters. The van der Waals surface area contributed by atoms with E-state index in [4.69, 9.17) is 5.73 Å². The van der Waals surface area contributed by atoms with Crippen LogP contribution in [0.4, 0.5) is 0 Å². The Balaban J connectivity index is 2.07. The summed E-state index contributed by atoms with van der Waals surface area (Å²) in [6.45, 7) is 2.87. The van der Waals surface area contributed by atoms with Crippen LogP contribution in [0.25, 0.3) is 0 Å². The fourth-order valence-electron chi connectivity index (χ4n) is 1.79. The van der Waals surface area contributed by atoms with Crippen molar-refractivity contribution in [1.82, 2.24) is 14.3 Å². The number of nitrogens with two attached hydrogens (primary N) is 1. The standard InChI is InChI=1S/C11H16N4O2S2/c1-9-7-18-10(6-12)11(9)19(16,17)14-3-5-15-4-2-13-8-15/h2,4,7-8,14H,3,5-6,12H2,1H3. The summed E-state index contributed by atoms with van der Waals surface area (Å²) in [6.07, 6.45) is 5.09. The van der Waals surface area contributed by atoms with Crippen LogP contribution < -0.4 is 10.5 Å². The SMILES string of the molecule is Cc1csc(CN)c1S(=O)(=O)NCCn1ccnc1. The highest BCUT2D eigenvalue weighted by atomic mass is 32.2. The van der Waals surface area contributed by atoms with Gasteiger partial charge in [-0.15, -0.1) is 11.3 Å².